The summed E-state index contributed by atoms with van der Waals surface area (Å²) in [6, 6.07) is 24.4. The summed E-state index contributed by atoms with van der Waals surface area (Å²) in [6.45, 7) is 0. The lowest BCUT2D eigenvalue weighted by molar-refractivity contribution is 0.471. The fourth-order valence-corrected chi connectivity index (χ4v) is 4.51. The summed E-state index contributed by atoms with van der Waals surface area (Å²) in [7, 11) is 0. The summed E-state index contributed by atoms with van der Waals surface area (Å²) >= 11 is 0. The first kappa shape index (κ1) is 17.2. The molecule has 0 atom stereocenters. The first-order valence-corrected chi connectivity index (χ1v) is 9.26. The van der Waals surface area contributed by atoms with Gasteiger partial charge in [0.1, 0.15) is 23.0 Å². The van der Waals surface area contributed by atoms with Crippen LogP contribution < -0.4 is 0 Å². The summed E-state index contributed by atoms with van der Waals surface area (Å²) in [5.41, 5.74) is 4.57. The van der Waals surface area contributed by atoms with Crippen LogP contribution in [0.4, 0.5) is 0 Å². The van der Waals surface area contributed by atoms with Gasteiger partial charge in [-0.1, -0.05) is 36.4 Å². The van der Waals surface area contributed by atoms with E-state index in [1.165, 1.54) is 0 Å². The molecular formula is C25H18O4. The number of hydrogen-bond acceptors (Lipinski definition) is 4. The number of benzene rings is 4. The molecule has 4 nitrogen and oxygen atoms in total. The molecular weight excluding hydrogens is 364 g/mol. The maximum atomic E-state index is 10.3. The third-order valence-electron chi connectivity index (χ3n) is 5.71. The molecule has 0 unspecified atom stereocenters. The van der Waals surface area contributed by atoms with E-state index in [9.17, 15) is 20.4 Å². The lowest BCUT2D eigenvalue weighted by Gasteiger charge is -2.34. The monoisotopic (exact) mass is 382 g/mol. The number of fused-ring (bicyclic) bond motifs is 3. The van der Waals surface area contributed by atoms with Gasteiger partial charge in [0.15, 0.2) is 0 Å². The van der Waals surface area contributed by atoms with Gasteiger partial charge in [-0.05, 0) is 81.9 Å². The molecule has 0 bridgehead atoms. The third kappa shape index (κ3) is 2.39. The standard InChI is InChI=1S/C25H18O4/c26-17-5-1-15(2-6-17)25(16-3-7-18(27)8-4-16)23-13-19(28)9-11-21(23)22-12-10-20(29)14-24(22)25/h1-14,26-29H. The Morgan fingerprint density at radius 3 is 1.14 bits per heavy atom. The van der Waals surface area contributed by atoms with E-state index in [0.717, 1.165) is 33.4 Å². The van der Waals surface area contributed by atoms with Crippen LogP contribution in [0.1, 0.15) is 22.3 Å². The van der Waals surface area contributed by atoms with Crippen LogP contribution in [0.2, 0.25) is 0 Å². The highest BCUT2D eigenvalue weighted by Gasteiger charge is 2.46. The molecule has 0 radical (unpaired) electrons. The smallest absolute Gasteiger partial charge is 0.115 e. The zero-order valence-corrected chi connectivity index (χ0v) is 15.4. The van der Waals surface area contributed by atoms with Gasteiger partial charge < -0.3 is 20.4 Å². The average Bonchev–Trinajstić information content (AvgIpc) is 2.99. The predicted molar refractivity (Wildman–Crippen MR) is 110 cm³/mol. The molecule has 0 saturated heterocycles. The fraction of sp³-hybridized carbons (Fsp3) is 0.0400. The Hall–Kier alpha value is -3.92. The second-order valence-corrected chi connectivity index (χ2v) is 7.30. The molecule has 4 heteroatoms. The minimum absolute atomic E-state index is 0.141. The second-order valence-electron chi connectivity index (χ2n) is 7.30. The molecule has 0 fully saturated rings. The van der Waals surface area contributed by atoms with Crippen molar-refractivity contribution < 1.29 is 20.4 Å². The number of hydrogen-bond donors (Lipinski definition) is 4. The Morgan fingerprint density at radius 1 is 0.414 bits per heavy atom. The van der Waals surface area contributed by atoms with E-state index in [-0.39, 0.29) is 23.0 Å². The van der Waals surface area contributed by atoms with Gasteiger partial charge in [-0.15, -0.1) is 0 Å². The first-order chi connectivity index (χ1) is 14.0. The van der Waals surface area contributed by atoms with E-state index in [1.807, 2.05) is 36.4 Å². The molecule has 0 saturated carbocycles. The summed E-state index contributed by atoms with van der Waals surface area (Å²) in [6.07, 6.45) is 0. The van der Waals surface area contributed by atoms with E-state index in [1.54, 1.807) is 48.5 Å². The van der Waals surface area contributed by atoms with Crippen LogP contribution in [0.5, 0.6) is 23.0 Å². The first-order valence-electron chi connectivity index (χ1n) is 9.26. The van der Waals surface area contributed by atoms with E-state index < -0.39 is 5.41 Å². The Morgan fingerprint density at radius 2 is 0.759 bits per heavy atom. The zero-order valence-electron chi connectivity index (χ0n) is 15.4. The van der Waals surface area contributed by atoms with Crippen molar-refractivity contribution in [2.24, 2.45) is 0 Å². The van der Waals surface area contributed by atoms with Gasteiger partial charge in [0.25, 0.3) is 0 Å². The molecule has 0 aliphatic heterocycles. The molecule has 1 aliphatic carbocycles. The van der Waals surface area contributed by atoms with E-state index in [2.05, 4.69) is 0 Å². The Kier molecular flexibility index (Phi) is 3.58. The van der Waals surface area contributed by atoms with Crippen molar-refractivity contribution in [1.82, 2.24) is 0 Å². The van der Waals surface area contributed by atoms with Crippen molar-refractivity contribution in [3.8, 4) is 34.1 Å². The summed E-state index contributed by atoms with van der Waals surface area (Å²) < 4.78 is 0. The number of rotatable bonds is 2. The highest BCUT2D eigenvalue weighted by atomic mass is 16.3. The fourth-order valence-electron chi connectivity index (χ4n) is 4.51. The van der Waals surface area contributed by atoms with Crippen LogP contribution in [0, 0.1) is 0 Å². The minimum Gasteiger partial charge on any atom is -0.508 e. The topological polar surface area (TPSA) is 80.9 Å². The van der Waals surface area contributed by atoms with E-state index in [4.69, 9.17) is 0 Å². The normalized spacial score (nSPS) is 13.7. The number of aromatic hydroxyl groups is 4. The maximum Gasteiger partial charge on any atom is 0.115 e. The molecule has 1 aliphatic rings. The lowest BCUT2D eigenvalue weighted by atomic mass is 9.67. The largest absolute Gasteiger partial charge is 0.508 e. The summed E-state index contributed by atoms with van der Waals surface area (Å²) in [5, 5.41) is 40.3. The van der Waals surface area contributed by atoms with Crippen LogP contribution in [0.25, 0.3) is 11.1 Å². The van der Waals surface area contributed by atoms with Gasteiger partial charge in [0, 0.05) is 0 Å². The van der Waals surface area contributed by atoms with Crippen molar-refractivity contribution >= 4 is 0 Å². The van der Waals surface area contributed by atoms with Crippen LogP contribution in [-0.2, 0) is 5.41 Å². The van der Waals surface area contributed by atoms with Crippen molar-refractivity contribution in [3.05, 3.63) is 107 Å². The lowest BCUT2D eigenvalue weighted by Crippen LogP contribution is -2.28. The van der Waals surface area contributed by atoms with Gasteiger partial charge in [-0.2, -0.15) is 0 Å². The van der Waals surface area contributed by atoms with Gasteiger partial charge in [-0.3, -0.25) is 0 Å². The van der Waals surface area contributed by atoms with Gasteiger partial charge in [-0.25, -0.2) is 0 Å². The molecule has 0 aromatic heterocycles. The van der Waals surface area contributed by atoms with Crippen LogP contribution in [0.3, 0.4) is 0 Å². The van der Waals surface area contributed by atoms with Crippen LogP contribution in [0.15, 0.2) is 84.9 Å². The Labute approximate surface area is 167 Å². The quantitative estimate of drug-likeness (QED) is 0.351. The van der Waals surface area contributed by atoms with Gasteiger partial charge >= 0.3 is 0 Å². The maximum absolute atomic E-state index is 10.3. The van der Waals surface area contributed by atoms with Crippen molar-refractivity contribution in [3.63, 3.8) is 0 Å². The molecule has 4 aromatic carbocycles. The summed E-state index contributed by atoms with van der Waals surface area (Å²) in [5.74, 6) is 0.588. The highest BCUT2D eigenvalue weighted by Crippen LogP contribution is 2.57. The van der Waals surface area contributed by atoms with Crippen molar-refractivity contribution in [1.29, 1.82) is 0 Å². The highest BCUT2D eigenvalue weighted by molar-refractivity contribution is 5.87. The molecule has 29 heavy (non-hydrogen) atoms. The molecule has 5 rings (SSSR count). The molecule has 0 heterocycles. The second kappa shape index (κ2) is 6.04. The van der Waals surface area contributed by atoms with Crippen molar-refractivity contribution in [2.45, 2.75) is 5.41 Å². The molecule has 4 N–H and O–H groups in total. The molecule has 4 aromatic rings. The Bertz CT molecular complexity index is 1130. The van der Waals surface area contributed by atoms with Crippen LogP contribution in [-0.4, -0.2) is 20.4 Å². The summed E-state index contributed by atoms with van der Waals surface area (Å²) in [4.78, 5) is 0. The Balaban J connectivity index is 1.97. The average molecular weight is 382 g/mol. The van der Waals surface area contributed by atoms with Gasteiger partial charge in [0.05, 0.1) is 5.41 Å². The van der Waals surface area contributed by atoms with Crippen LogP contribution >= 0.6 is 0 Å². The molecule has 142 valence electrons. The SMILES string of the molecule is Oc1ccc(C2(c3ccc(O)cc3)c3cc(O)ccc3-c3ccc(O)cc32)cc1. The molecule has 0 spiro atoms. The predicted octanol–water partition coefficient (Wildman–Crippen LogP) is 4.87. The molecule has 0 amide bonds. The zero-order chi connectivity index (χ0) is 20.2. The van der Waals surface area contributed by atoms with Gasteiger partial charge in [0.2, 0.25) is 0 Å². The number of phenols is 4. The van der Waals surface area contributed by atoms with Crippen molar-refractivity contribution in [2.75, 3.05) is 0 Å². The van der Waals surface area contributed by atoms with E-state index >= 15 is 0 Å². The minimum atomic E-state index is -0.830. The van der Waals surface area contributed by atoms with E-state index in [0.29, 0.717) is 0 Å². The third-order valence-corrected chi connectivity index (χ3v) is 5.71. The number of phenolic OH excluding ortho intramolecular Hbond substituents is 4.